The molecule has 0 amide bonds. The van der Waals surface area contributed by atoms with Crippen LogP contribution in [0.5, 0.6) is 5.88 Å². The van der Waals surface area contributed by atoms with Crippen LogP contribution in [0.2, 0.25) is 0 Å². The summed E-state index contributed by atoms with van der Waals surface area (Å²) in [4.78, 5) is 20.8. The molecule has 4 rings (SSSR count). The summed E-state index contributed by atoms with van der Waals surface area (Å²) < 4.78 is 28.2. The van der Waals surface area contributed by atoms with Gasteiger partial charge in [-0.05, 0) is 15.9 Å². The van der Waals surface area contributed by atoms with Crippen LogP contribution in [0.25, 0.3) is 11.2 Å². The molecule has 2 saturated heterocycles. The minimum atomic E-state index is -4.25. The molecule has 0 aromatic carbocycles. The summed E-state index contributed by atoms with van der Waals surface area (Å²) >= 11 is 3.16. The van der Waals surface area contributed by atoms with Crippen LogP contribution in [0.1, 0.15) is 6.23 Å². The Balaban J connectivity index is 0.00000182. The quantitative estimate of drug-likeness (QED) is 0.221. The molecule has 2 fully saturated rings. The van der Waals surface area contributed by atoms with E-state index in [2.05, 4.69) is 35.4 Å². The molecule has 2 aromatic rings. The molecule has 2 aliphatic heterocycles. The van der Waals surface area contributed by atoms with E-state index >= 15 is 0 Å². The third kappa shape index (κ3) is 3.23. The van der Waals surface area contributed by atoms with Gasteiger partial charge in [0.1, 0.15) is 23.8 Å². The Morgan fingerprint density at radius 3 is 2.84 bits per heavy atom. The molecule has 5 atom stereocenters. The Morgan fingerprint density at radius 2 is 2.12 bits per heavy atom. The number of ether oxygens (including phenoxy) is 1. The van der Waals surface area contributed by atoms with E-state index in [1.54, 1.807) is 0 Å². The maximum Gasteiger partial charge on any atom is 1.00 e. The topological polar surface area (TPSA) is 178 Å². The second kappa shape index (κ2) is 6.68. The van der Waals surface area contributed by atoms with Crippen LogP contribution in [0.3, 0.4) is 0 Å². The Labute approximate surface area is 170 Å². The zero-order valence-corrected chi connectivity index (χ0v) is 17.1. The Hall–Kier alpha value is -0.340. The number of anilines is 1. The Bertz CT molecular complexity index is 883. The van der Waals surface area contributed by atoms with Crippen molar-refractivity contribution in [2.75, 3.05) is 12.3 Å². The number of nitrogens with two attached hydrogens (primary N) is 1. The molecule has 0 saturated carbocycles. The first-order valence-electron chi connectivity index (χ1n) is 6.64. The molecule has 4 heterocycles. The molecule has 0 spiro atoms. The molecule has 0 aliphatic carbocycles. The van der Waals surface area contributed by atoms with Gasteiger partial charge in [0, 0.05) is 5.88 Å². The van der Waals surface area contributed by atoms with Gasteiger partial charge in [0.15, 0.2) is 16.6 Å². The van der Waals surface area contributed by atoms with Crippen LogP contribution in [0, 0.1) is 0 Å². The average molecular weight is 446 g/mol. The van der Waals surface area contributed by atoms with E-state index in [0.29, 0.717) is 0 Å². The summed E-state index contributed by atoms with van der Waals surface area (Å²) in [6.45, 7) is -0.236. The number of halogens is 1. The zero-order chi connectivity index (χ0) is 17.2. The maximum atomic E-state index is 11.9. The molecular weight excluding hydrogens is 436 g/mol. The standard InChI is InChI=1S/C10H11BrN5O7P.Na/c11-9-13-3-6(14-10(12)15-7(3)18)16(9)8-4(17)5-2(22-8)1-21-24(19,20)23-5;/h2,4-5,8,17H,1H2,(H,19,20)(H3,12,14,15,18);/q;+1/p-1. The Kier molecular flexibility index (Phi) is 5.19. The van der Waals surface area contributed by atoms with E-state index in [1.165, 1.54) is 4.57 Å². The fourth-order valence-corrected chi connectivity index (χ4v) is 4.22. The first-order chi connectivity index (χ1) is 11.3. The van der Waals surface area contributed by atoms with Crippen molar-refractivity contribution in [3.8, 4) is 5.88 Å². The van der Waals surface area contributed by atoms with Gasteiger partial charge in [0.05, 0.1) is 6.61 Å². The molecular formula is C10H10BrN5NaO7P. The number of hydrogen-bond acceptors (Lipinski definition) is 10. The minimum Gasteiger partial charge on any atom is -0.857 e. The number of nitrogen functional groups attached to an aromatic ring is 1. The summed E-state index contributed by atoms with van der Waals surface area (Å²) in [5.41, 5.74) is 5.48. The van der Waals surface area contributed by atoms with Gasteiger partial charge < -0.3 is 25.6 Å². The van der Waals surface area contributed by atoms with Crippen molar-refractivity contribution in [3.63, 3.8) is 0 Å². The van der Waals surface area contributed by atoms with Crippen molar-refractivity contribution in [2.24, 2.45) is 0 Å². The van der Waals surface area contributed by atoms with Gasteiger partial charge in [0.2, 0.25) is 5.95 Å². The van der Waals surface area contributed by atoms with E-state index in [-0.39, 0.29) is 58.0 Å². The summed E-state index contributed by atoms with van der Waals surface area (Å²) in [7, 11) is -4.25. The number of phosphoric ester groups is 1. The van der Waals surface area contributed by atoms with Crippen LogP contribution in [-0.4, -0.2) is 54.4 Å². The Morgan fingerprint density at radius 1 is 1.40 bits per heavy atom. The monoisotopic (exact) mass is 445 g/mol. The molecule has 5 unspecified atom stereocenters. The van der Waals surface area contributed by atoms with E-state index in [9.17, 15) is 19.7 Å². The molecule has 25 heavy (non-hydrogen) atoms. The number of phosphoric acid groups is 1. The average Bonchev–Trinajstić information content (AvgIpc) is 2.96. The molecule has 0 bridgehead atoms. The van der Waals surface area contributed by atoms with Gasteiger partial charge in [-0.1, -0.05) is 0 Å². The van der Waals surface area contributed by atoms with Gasteiger partial charge in [-0.25, -0.2) is 14.5 Å². The summed E-state index contributed by atoms with van der Waals surface area (Å²) in [5, 5.41) is 22.3. The number of hydrogen-bond donors (Lipinski definition) is 3. The van der Waals surface area contributed by atoms with Crippen molar-refractivity contribution >= 4 is 40.9 Å². The zero-order valence-electron chi connectivity index (χ0n) is 12.6. The predicted octanol–water partition coefficient (Wildman–Crippen LogP) is -3.98. The number of aliphatic hydroxyl groups is 1. The predicted molar refractivity (Wildman–Crippen MR) is 77.4 cm³/mol. The fourth-order valence-electron chi connectivity index (χ4n) is 2.71. The number of aromatic nitrogens is 4. The van der Waals surface area contributed by atoms with Crippen molar-refractivity contribution in [1.82, 2.24) is 19.5 Å². The number of fused-ring (bicyclic) bond motifs is 2. The number of aliphatic hydroxyl groups excluding tert-OH is 1. The first kappa shape index (κ1) is 19.4. The van der Waals surface area contributed by atoms with Crippen LogP contribution in [-0.2, 0) is 18.3 Å². The molecule has 2 aromatic heterocycles. The van der Waals surface area contributed by atoms with Crippen LogP contribution >= 0.6 is 23.8 Å². The number of imidazole rings is 1. The second-order valence-electron chi connectivity index (χ2n) is 5.20. The number of nitrogens with zero attached hydrogens (tertiary/aromatic N) is 4. The van der Waals surface area contributed by atoms with Crippen molar-refractivity contribution < 1.29 is 63.0 Å². The van der Waals surface area contributed by atoms with Crippen LogP contribution in [0.4, 0.5) is 5.95 Å². The summed E-state index contributed by atoms with van der Waals surface area (Å²) in [6.07, 6.45) is -4.29. The molecule has 12 nitrogen and oxygen atoms in total. The minimum absolute atomic E-state index is 0. The molecule has 130 valence electrons. The van der Waals surface area contributed by atoms with E-state index in [4.69, 9.17) is 15.0 Å². The van der Waals surface area contributed by atoms with Gasteiger partial charge in [-0.15, -0.1) is 0 Å². The summed E-state index contributed by atoms with van der Waals surface area (Å²) in [6, 6.07) is 0. The van der Waals surface area contributed by atoms with E-state index in [0.717, 1.165) is 0 Å². The van der Waals surface area contributed by atoms with Crippen molar-refractivity contribution in [2.45, 2.75) is 24.5 Å². The molecule has 15 heteroatoms. The first-order valence-corrected chi connectivity index (χ1v) is 8.93. The van der Waals surface area contributed by atoms with Crippen molar-refractivity contribution in [1.29, 1.82) is 0 Å². The van der Waals surface area contributed by atoms with E-state index in [1.807, 2.05) is 0 Å². The molecule has 4 N–H and O–H groups in total. The second-order valence-corrected chi connectivity index (χ2v) is 7.32. The smallest absolute Gasteiger partial charge is 0.857 e. The van der Waals surface area contributed by atoms with Gasteiger partial charge in [-0.3, -0.25) is 13.6 Å². The maximum absolute atomic E-state index is 11.9. The number of rotatable bonds is 1. The third-order valence-electron chi connectivity index (χ3n) is 3.70. The fraction of sp³-hybridized carbons (Fsp3) is 0.500. The van der Waals surface area contributed by atoms with Gasteiger partial charge >= 0.3 is 37.4 Å². The van der Waals surface area contributed by atoms with Crippen molar-refractivity contribution in [3.05, 3.63) is 4.73 Å². The normalized spacial score (nSPS) is 34.7. The third-order valence-corrected chi connectivity index (χ3v) is 5.25. The molecule has 0 radical (unpaired) electrons. The van der Waals surface area contributed by atoms with Gasteiger partial charge in [-0.2, -0.15) is 4.98 Å². The van der Waals surface area contributed by atoms with Crippen LogP contribution in [0.15, 0.2) is 4.73 Å². The SMILES string of the molecule is Nc1nc([O-])c2nc(Br)n(C3OC4COP(=O)(O)OC4C3O)c2n1.[Na+]. The van der Waals surface area contributed by atoms with E-state index < -0.39 is 38.2 Å². The largest absolute Gasteiger partial charge is 1.00 e. The molecule has 2 aliphatic rings. The van der Waals surface area contributed by atoms with Gasteiger partial charge in [0.25, 0.3) is 0 Å². The summed E-state index contributed by atoms with van der Waals surface area (Å²) in [5.74, 6) is -0.938. The van der Waals surface area contributed by atoms with Crippen LogP contribution < -0.4 is 40.4 Å².